The van der Waals surface area contributed by atoms with Gasteiger partial charge in [-0.1, -0.05) is 6.07 Å². The van der Waals surface area contributed by atoms with Gasteiger partial charge in [0, 0.05) is 6.42 Å². The molecular weight excluding hydrogens is 328 g/mol. The lowest BCUT2D eigenvalue weighted by Gasteiger charge is -2.08. The van der Waals surface area contributed by atoms with E-state index in [-0.39, 0.29) is 18.2 Å². The maximum atomic E-state index is 11.7. The van der Waals surface area contributed by atoms with Gasteiger partial charge in [0.1, 0.15) is 11.5 Å². The Balaban J connectivity index is 1.59. The third-order valence-corrected chi connectivity index (χ3v) is 3.88. The highest BCUT2D eigenvalue weighted by Gasteiger charge is 2.07. The summed E-state index contributed by atoms with van der Waals surface area (Å²) in [5.41, 5.74) is 4.77. The van der Waals surface area contributed by atoms with E-state index in [4.69, 9.17) is 9.47 Å². The van der Waals surface area contributed by atoms with Crippen molar-refractivity contribution >= 4 is 23.2 Å². The van der Waals surface area contributed by atoms with Crippen LogP contribution in [0.15, 0.2) is 41.8 Å². The first kappa shape index (κ1) is 17.8. The van der Waals surface area contributed by atoms with Gasteiger partial charge in [-0.2, -0.15) is 0 Å². The van der Waals surface area contributed by atoms with Gasteiger partial charge in [0.25, 0.3) is 5.91 Å². The molecule has 0 aliphatic carbocycles. The first-order chi connectivity index (χ1) is 11.7. The molecule has 0 atom stereocenters. The SMILES string of the molecule is CCOc1ccc(OCCCC(=O)NNC(=O)c2cccs2)cc1. The number of ether oxygens (including phenoxy) is 2. The maximum absolute atomic E-state index is 11.7. The Morgan fingerprint density at radius 2 is 1.75 bits per heavy atom. The summed E-state index contributed by atoms with van der Waals surface area (Å²) in [6.07, 6.45) is 0.815. The zero-order valence-electron chi connectivity index (χ0n) is 13.4. The fourth-order valence-electron chi connectivity index (χ4n) is 1.88. The third kappa shape index (κ3) is 5.92. The van der Waals surface area contributed by atoms with Crippen molar-refractivity contribution in [2.24, 2.45) is 0 Å². The van der Waals surface area contributed by atoms with Gasteiger partial charge in [0.15, 0.2) is 0 Å². The summed E-state index contributed by atoms with van der Waals surface area (Å²) < 4.78 is 10.9. The molecule has 0 radical (unpaired) electrons. The van der Waals surface area contributed by atoms with Crippen LogP contribution in [-0.2, 0) is 4.79 Å². The van der Waals surface area contributed by atoms with Crippen LogP contribution in [0.2, 0.25) is 0 Å². The van der Waals surface area contributed by atoms with E-state index in [1.807, 2.05) is 31.2 Å². The van der Waals surface area contributed by atoms with Gasteiger partial charge in [-0.15, -0.1) is 11.3 Å². The molecule has 7 heteroatoms. The van der Waals surface area contributed by atoms with Gasteiger partial charge in [0.05, 0.1) is 18.1 Å². The van der Waals surface area contributed by atoms with E-state index in [0.717, 1.165) is 11.5 Å². The molecule has 1 aromatic carbocycles. The fraction of sp³-hybridized carbons (Fsp3) is 0.294. The lowest BCUT2D eigenvalue weighted by molar-refractivity contribution is -0.122. The normalized spacial score (nSPS) is 10.0. The van der Waals surface area contributed by atoms with E-state index in [9.17, 15) is 9.59 Å². The minimum Gasteiger partial charge on any atom is -0.494 e. The van der Waals surface area contributed by atoms with Crippen LogP contribution in [0.25, 0.3) is 0 Å². The van der Waals surface area contributed by atoms with Crippen LogP contribution >= 0.6 is 11.3 Å². The summed E-state index contributed by atoms with van der Waals surface area (Å²) >= 11 is 1.31. The molecule has 2 amide bonds. The molecule has 2 aromatic rings. The van der Waals surface area contributed by atoms with Crippen molar-refractivity contribution in [1.29, 1.82) is 0 Å². The number of amides is 2. The van der Waals surface area contributed by atoms with Gasteiger partial charge >= 0.3 is 0 Å². The van der Waals surface area contributed by atoms with E-state index in [1.165, 1.54) is 11.3 Å². The lowest BCUT2D eigenvalue weighted by Crippen LogP contribution is -2.41. The average molecular weight is 348 g/mol. The number of nitrogens with one attached hydrogen (secondary N) is 2. The summed E-state index contributed by atoms with van der Waals surface area (Å²) in [4.78, 5) is 23.8. The van der Waals surface area contributed by atoms with Crippen LogP contribution in [0.1, 0.15) is 29.4 Å². The van der Waals surface area contributed by atoms with Crippen molar-refractivity contribution < 1.29 is 19.1 Å². The highest BCUT2D eigenvalue weighted by atomic mass is 32.1. The molecule has 0 aliphatic rings. The van der Waals surface area contributed by atoms with Crippen LogP contribution in [0, 0.1) is 0 Å². The molecule has 0 spiro atoms. The number of benzene rings is 1. The third-order valence-electron chi connectivity index (χ3n) is 3.01. The second-order valence-corrected chi connectivity index (χ2v) is 5.78. The van der Waals surface area contributed by atoms with Crippen molar-refractivity contribution in [2.45, 2.75) is 19.8 Å². The van der Waals surface area contributed by atoms with Crippen molar-refractivity contribution in [3.63, 3.8) is 0 Å². The standard InChI is InChI=1S/C17H20N2O4S/c1-2-22-13-7-9-14(10-8-13)23-11-3-6-16(20)18-19-17(21)15-5-4-12-24-15/h4-5,7-10,12H,2-3,6,11H2,1H3,(H,18,20)(H,19,21). The fourth-order valence-corrected chi connectivity index (χ4v) is 2.50. The second-order valence-electron chi connectivity index (χ2n) is 4.84. The van der Waals surface area contributed by atoms with Crippen LogP contribution in [0.3, 0.4) is 0 Å². The Morgan fingerprint density at radius 3 is 2.38 bits per heavy atom. The predicted molar refractivity (Wildman–Crippen MR) is 92.3 cm³/mol. The quantitative estimate of drug-likeness (QED) is 0.568. The van der Waals surface area contributed by atoms with Gasteiger partial charge < -0.3 is 9.47 Å². The van der Waals surface area contributed by atoms with Crippen LogP contribution in [-0.4, -0.2) is 25.0 Å². The summed E-state index contributed by atoms with van der Waals surface area (Å²) in [6.45, 7) is 2.97. The molecule has 6 nitrogen and oxygen atoms in total. The number of hydrogen-bond donors (Lipinski definition) is 2. The predicted octanol–water partition coefficient (Wildman–Crippen LogP) is 2.77. The molecule has 128 valence electrons. The summed E-state index contributed by atoms with van der Waals surface area (Å²) in [5, 5.41) is 1.80. The van der Waals surface area contributed by atoms with Gasteiger partial charge in [-0.05, 0) is 49.1 Å². The Hall–Kier alpha value is -2.54. The molecule has 0 aliphatic heterocycles. The number of hydrazine groups is 1. The van der Waals surface area contributed by atoms with E-state index in [0.29, 0.717) is 24.5 Å². The second kappa shape index (κ2) is 9.57. The number of rotatable bonds is 8. The summed E-state index contributed by atoms with van der Waals surface area (Å²) in [6, 6.07) is 10.8. The molecular formula is C17H20N2O4S. The van der Waals surface area contributed by atoms with Crippen molar-refractivity contribution in [1.82, 2.24) is 10.9 Å². The lowest BCUT2D eigenvalue weighted by atomic mass is 10.3. The maximum Gasteiger partial charge on any atom is 0.279 e. The minimum atomic E-state index is -0.316. The van der Waals surface area contributed by atoms with E-state index < -0.39 is 0 Å². The summed E-state index contributed by atoms with van der Waals surface area (Å²) in [7, 11) is 0. The molecule has 1 heterocycles. The highest BCUT2D eigenvalue weighted by Crippen LogP contribution is 2.17. The Morgan fingerprint density at radius 1 is 1.04 bits per heavy atom. The van der Waals surface area contributed by atoms with E-state index >= 15 is 0 Å². The number of carbonyl (C=O) groups is 2. The smallest absolute Gasteiger partial charge is 0.279 e. The van der Waals surface area contributed by atoms with Crippen LogP contribution in [0.4, 0.5) is 0 Å². The average Bonchev–Trinajstić information content (AvgIpc) is 3.13. The van der Waals surface area contributed by atoms with E-state index in [1.54, 1.807) is 17.5 Å². The molecule has 24 heavy (non-hydrogen) atoms. The first-order valence-electron chi connectivity index (χ1n) is 7.67. The molecule has 0 bridgehead atoms. The van der Waals surface area contributed by atoms with Gasteiger partial charge in [-0.3, -0.25) is 20.4 Å². The number of hydrogen-bond acceptors (Lipinski definition) is 5. The monoisotopic (exact) mass is 348 g/mol. The molecule has 0 fully saturated rings. The number of carbonyl (C=O) groups excluding carboxylic acids is 2. The molecule has 0 unspecified atom stereocenters. The molecule has 0 saturated heterocycles. The molecule has 2 rings (SSSR count). The van der Waals surface area contributed by atoms with Crippen molar-refractivity contribution in [3.8, 4) is 11.5 Å². The summed E-state index contributed by atoms with van der Waals surface area (Å²) in [5.74, 6) is 0.953. The molecule has 0 saturated carbocycles. The number of thiophene rings is 1. The van der Waals surface area contributed by atoms with Crippen molar-refractivity contribution in [2.75, 3.05) is 13.2 Å². The molecule has 1 aromatic heterocycles. The largest absolute Gasteiger partial charge is 0.494 e. The van der Waals surface area contributed by atoms with Gasteiger partial charge in [-0.25, -0.2) is 0 Å². The van der Waals surface area contributed by atoms with Crippen LogP contribution in [0.5, 0.6) is 11.5 Å². The Kier molecular flexibility index (Phi) is 7.10. The zero-order chi connectivity index (χ0) is 17.2. The van der Waals surface area contributed by atoms with Crippen LogP contribution < -0.4 is 20.3 Å². The highest BCUT2D eigenvalue weighted by molar-refractivity contribution is 7.12. The van der Waals surface area contributed by atoms with Crippen molar-refractivity contribution in [3.05, 3.63) is 46.7 Å². The van der Waals surface area contributed by atoms with E-state index in [2.05, 4.69) is 10.9 Å². The molecule has 2 N–H and O–H groups in total. The Bertz CT molecular complexity index is 641. The topological polar surface area (TPSA) is 76.7 Å². The zero-order valence-corrected chi connectivity index (χ0v) is 14.2. The Labute approximate surface area is 144 Å². The first-order valence-corrected chi connectivity index (χ1v) is 8.55. The minimum absolute atomic E-state index is 0.254. The van der Waals surface area contributed by atoms with Gasteiger partial charge in [0.2, 0.25) is 5.91 Å².